The second-order valence-corrected chi connectivity index (χ2v) is 4.36. The molecule has 0 unspecified atom stereocenters. The van der Waals surface area contributed by atoms with Gasteiger partial charge in [-0.3, -0.25) is 5.10 Å². The van der Waals surface area contributed by atoms with Gasteiger partial charge in [0.15, 0.2) is 5.82 Å². The molecular weight excluding hydrogens is 231 g/mol. The van der Waals surface area contributed by atoms with Crippen LogP contribution in [0.2, 0.25) is 0 Å². The Balaban J connectivity index is 1.87. The molecule has 2 aromatic rings. The minimum atomic E-state index is -0.229. The summed E-state index contributed by atoms with van der Waals surface area (Å²) in [6.07, 6.45) is 0. The van der Waals surface area contributed by atoms with Gasteiger partial charge in [0.25, 0.3) is 0 Å². The first-order valence-electron chi connectivity index (χ1n) is 6.10. The van der Waals surface area contributed by atoms with E-state index in [0.717, 1.165) is 37.7 Å². The van der Waals surface area contributed by atoms with Gasteiger partial charge in [-0.1, -0.05) is 12.1 Å². The molecule has 2 N–H and O–H groups in total. The monoisotopic (exact) mass is 246 g/mol. The minimum absolute atomic E-state index is 0.229. The van der Waals surface area contributed by atoms with Crippen molar-refractivity contribution in [1.82, 2.24) is 15.5 Å². The van der Waals surface area contributed by atoms with Gasteiger partial charge >= 0.3 is 0 Å². The van der Waals surface area contributed by atoms with E-state index in [0.29, 0.717) is 5.56 Å². The third-order valence-electron chi connectivity index (χ3n) is 3.17. The molecular formula is C13H15FN4. The first kappa shape index (κ1) is 11.2. The zero-order valence-corrected chi connectivity index (χ0v) is 9.99. The smallest absolute Gasteiger partial charge is 0.151 e. The molecule has 4 nitrogen and oxygen atoms in total. The van der Waals surface area contributed by atoms with Crippen LogP contribution in [0.3, 0.4) is 0 Å². The summed E-state index contributed by atoms with van der Waals surface area (Å²) in [7, 11) is 0. The fourth-order valence-electron chi connectivity index (χ4n) is 2.18. The number of aromatic amines is 1. The van der Waals surface area contributed by atoms with Crippen molar-refractivity contribution in [1.29, 1.82) is 0 Å². The Bertz CT molecular complexity index is 531. The normalized spacial score (nSPS) is 15.9. The Morgan fingerprint density at radius 1 is 1.17 bits per heavy atom. The lowest BCUT2D eigenvalue weighted by Gasteiger charge is -2.26. The van der Waals surface area contributed by atoms with Gasteiger partial charge in [-0.2, -0.15) is 5.10 Å². The zero-order valence-electron chi connectivity index (χ0n) is 9.99. The highest BCUT2D eigenvalue weighted by Gasteiger charge is 2.14. The molecule has 5 heteroatoms. The Kier molecular flexibility index (Phi) is 2.98. The van der Waals surface area contributed by atoms with Crippen molar-refractivity contribution >= 4 is 5.82 Å². The number of nitrogens with zero attached hydrogens (tertiary/aromatic N) is 2. The molecule has 0 amide bonds. The molecule has 1 aliphatic heterocycles. The molecule has 1 fully saturated rings. The highest BCUT2D eigenvalue weighted by molar-refractivity contribution is 5.63. The summed E-state index contributed by atoms with van der Waals surface area (Å²) in [5.74, 6) is 0.655. The van der Waals surface area contributed by atoms with Gasteiger partial charge < -0.3 is 10.2 Å². The van der Waals surface area contributed by atoms with E-state index in [1.807, 2.05) is 12.1 Å². The number of halogens is 1. The summed E-state index contributed by atoms with van der Waals surface area (Å²) < 4.78 is 13.7. The van der Waals surface area contributed by atoms with Crippen LogP contribution in [0.1, 0.15) is 0 Å². The third kappa shape index (κ3) is 2.09. The number of H-pyrrole nitrogens is 1. The van der Waals surface area contributed by atoms with Crippen LogP contribution in [-0.2, 0) is 0 Å². The molecule has 0 aliphatic carbocycles. The fraction of sp³-hybridized carbons (Fsp3) is 0.308. The molecule has 0 radical (unpaired) electrons. The van der Waals surface area contributed by atoms with Crippen molar-refractivity contribution in [3.05, 3.63) is 36.1 Å². The predicted molar refractivity (Wildman–Crippen MR) is 69.1 cm³/mol. The van der Waals surface area contributed by atoms with Crippen LogP contribution < -0.4 is 10.2 Å². The SMILES string of the molecule is Fc1ccccc1-c1cc(N2CCNCC2)n[nH]1. The lowest BCUT2D eigenvalue weighted by atomic mass is 10.1. The Morgan fingerprint density at radius 2 is 1.94 bits per heavy atom. The number of benzene rings is 1. The average Bonchev–Trinajstić information content (AvgIpc) is 2.90. The maximum Gasteiger partial charge on any atom is 0.151 e. The standard InChI is InChI=1S/C13H15FN4/c14-11-4-2-1-3-10(11)12-9-13(17-16-12)18-7-5-15-6-8-18/h1-4,9,15H,5-8H2,(H,16,17). The number of nitrogens with one attached hydrogen (secondary N) is 2. The van der Waals surface area contributed by atoms with E-state index in [4.69, 9.17) is 0 Å². The summed E-state index contributed by atoms with van der Waals surface area (Å²) in [6, 6.07) is 8.63. The predicted octanol–water partition coefficient (Wildman–Crippen LogP) is 1.63. The van der Waals surface area contributed by atoms with Crippen LogP contribution >= 0.6 is 0 Å². The van der Waals surface area contributed by atoms with Gasteiger partial charge in [0.05, 0.1) is 5.69 Å². The van der Waals surface area contributed by atoms with E-state index in [9.17, 15) is 4.39 Å². The number of hydrogen-bond donors (Lipinski definition) is 2. The van der Waals surface area contributed by atoms with Gasteiger partial charge in [-0.15, -0.1) is 0 Å². The summed E-state index contributed by atoms with van der Waals surface area (Å²) in [6.45, 7) is 3.78. The second-order valence-electron chi connectivity index (χ2n) is 4.36. The number of hydrogen-bond acceptors (Lipinski definition) is 3. The fourth-order valence-corrected chi connectivity index (χ4v) is 2.18. The van der Waals surface area contributed by atoms with E-state index in [-0.39, 0.29) is 5.82 Å². The highest BCUT2D eigenvalue weighted by atomic mass is 19.1. The molecule has 18 heavy (non-hydrogen) atoms. The molecule has 1 aromatic carbocycles. The lowest BCUT2D eigenvalue weighted by Crippen LogP contribution is -2.43. The Morgan fingerprint density at radius 3 is 2.72 bits per heavy atom. The van der Waals surface area contributed by atoms with Crippen LogP contribution in [0.5, 0.6) is 0 Å². The maximum atomic E-state index is 13.7. The van der Waals surface area contributed by atoms with E-state index in [2.05, 4.69) is 20.4 Å². The van der Waals surface area contributed by atoms with Crippen LogP contribution in [-0.4, -0.2) is 36.4 Å². The third-order valence-corrected chi connectivity index (χ3v) is 3.17. The molecule has 0 bridgehead atoms. The quantitative estimate of drug-likeness (QED) is 0.846. The molecule has 1 aliphatic rings. The highest BCUT2D eigenvalue weighted by Crippen LogP contribution is 2.24. The summed E-state index contributed by atoms with van der Waals surface area (Å²) in [5, 5.41) is 10.5. The van der Waals surface area contributed by atoms with Crippen molar-refractivity contribution in [3.8, 4) is 11.3 Å². The van der Waals surface area contributed by atoms with Crippen molar-refractivity contribution in [2.75, 3.05) is 31.1 Å². The Labute approximate surface area is 105 Å². The molecule has 1 saturated heterocycles. The number of aromatic nitrogens is 2. The molecule has 1 aromatic heterocycles. The summed E-state index contributed by atoms with van der Waals surface area (Å²) >= 11 is 0. The molecule has 94 valence electrons. The van der Waals surface area contributed by atoms with Gasteiger partial charge in [-0.25, -0.2) is 4.39 Å². The molecule has 0 atom stereocenters. The molecule has 0 spiro atoms. The van der Waals surface area contributed by atoms with E-state index in [1.165, 1.54) is 6.07 Å². The Hall–Kier alpha value is -1.88. The van der Waals surface area contributed by atoms with Crippen LogP contribution in [0.15, 0.2) is 30.3 Å². The summed E-state index contributed by atoms with van der Waals surface area (Å²) in [4.78, 5) is 2.19. The van der Waals surface area contributed by atoms with E-state index < -0.39 is 0 Å². The van der Waals surface area contributed by atoms with Crippen LogP contribution in [0.4, 0.5) is 10.2 Å². The van der Waals surface area contributed by atoms with Gasteiger partial charge in [0.1, 0.15) is 5.82 Å². The van der Waals surface area contributed by atoms with Gasteiger partial charge in [-0.05, 0) is 12.1 Å². The summed E-state index contributed by atoms with van der Waals surface area (Å²) in [5.41, 5.74) is 1.29. The number of rotatable bonds is 2. The van der Waals surface area contributed by atoms with Crippen LogP contribution in [0, 0.1) is 5.82 Å². The second kappa shape index (κ2) is 4.78. The first-order chi connectivity index (χ1) is 8.84. The molecule has 0 saturated carbocycles. The number of anilines is 1. The first-order valence-corrected chi connectivity index (χ1v) is 6.10. The van der Waals surface area contributed by atoms with Crippen LogP contribution in [0.25, 0.3) is 11.3 Å². The van der Waals surface area contributed by atoms with Gasteiger partial charge in [0, 0.05) is 37.8 Å². The average molecular weight is 246 g/mol. The molecule has 3 rings (SSSR count). The zero-order chi connectivity index (χ0) is 12.4. The molecule has 2 heterocycles. The van der Waals surface area contributed by atoms with E-state index in [1.54, 1.807) is 12.1 Å². The minimum Gasteiger partial charge on any atom is -0.353 e. The van der Waals surface area contributed by atoms with Gasteiger partial charge in [0.2, 0.25) is 0 Å². The topological polar surface area (TPSA) is 44.0 Å². The van der Waals surface area contributed by atoms with Crippen molar-refractivity contribution in [2.45, 2.75) is 0 Å². The maximum absolute atomic E-state index is 13.7. The number of piperazine rings is 1. The van der Waals surface area contributed by atoms with Crippen molar-refractivity contribution in [3.63, 3.8) is 0 Å². The largest absolute Gasteiger partial charge is 0.353 e. The van der Waals surface area contributed by atoms with Crippen molar-refractivity contribution in [2.24, 2.45) is 0 Å². The lowest BCUT2D eigenvalue weighted by molar-refractivity contribution is 0.584. The van der Waals surface area contributed by atoms with Crippen molar-refractivity contribution < 1.29 is 4.39 Å². The van der Waals surface area contributed by atoms with E-state index >= 15 is 0 Å².